The van der Waals surface area contributed by atoms with E-state index in [0.717, 1.165) is 0 Å². The molecule has 0 aliphatic carbocycles. The second kappa shape index (κ2) is 15.8. The van der Waals surface area contributed by atoms with E-state index in [2.05, 4.69) is 0 Å². The highest BCUT2D eigenvalue weighted by Gasteiger charge is 1.56. The van der Waals surface area contributed by atoms with Crippen LogP contribution in [0.2, 0.25) is 0 Å². The molecule has 52 valence electrons. The highest BCUT2D eigenvalue weighted by Crippen LogP contribution is 1.33. The first kappa shape index (κ1) is 10.8. The minimum atomic E-state index is 0.0972. The lowest BCUT2D eigenvalue weighted by molar-refractivity contribution is 0.306. The van der Waals surface area contributed by atoms with Crippen LogP contribution < -0.4 is 17.2 Å². The van der Waals surface area contributed by atoms with Crippen molar-refractivity contribution in [2.75, 3.05) is 26.2 Å². The van der Waals surface area contributed by atoms with Crippen LogP contribution in [0.25, 0.3) is 0 Å². The molecule has 0 saturated heterocycles. The summed E-state index contributed by atoms with van der Waals surface area (Å²) in [5, 5.41) is 7.75. The molecule has 0 bridgehead atoms. The fraction of sp³-hybridized carbons (Fsp3) is 1.00. The van der Waals surface area contributed by atoms with Crippen molar-refractivity contribution in [1.82, 2.24) is 0 Å². The number of aliphatic hydroxyl groups is 1. The molecule has 0 heterocycles. The van der Waals surface area contributed by atoms with Crippen molar-refractivity contribution in [2.24, 2.45) is 17.2 Å². The summed E-state index contributed by atoms with van der Waals surface area (Å²) in [5.41, 5.74) is 14.6. The van der Waals surface area contributed by atoms with Gasteiger partial charge in [-0.05, 0) is 0 Å². The Balaban J connectivity index is 0. The van der Waals surface area contributed by atoms with Crippen LogP contribution in [0.3, 0.4) is 0 Å². The maximum absolute atomic E-state index is 7.75. The highest BCUT2D eigenvalue weighted by molar-refractivity contribution is 4.26. The summed E-state index contributed by atoms with van der Waals surface area (Å²) in [6, 6.07) is 0. The number of hydrogen-bond acceptors (Lipinski definition) is 4. The van der Waals surface area contributed by atoms with Crippen molar-refractivity contribution in [2.45, 2.75) is 0 Å². The van der Waals surface area contributed by atoms with Crippen LogP contribution in [0.15, 0.2) is 0 Å². The van der Waals surface area contributed by atoms with E-state index in [4.69, 9.17) is 22.3 Å². The molecule has 0 aromatic rings. The lowest BCUT2D eigenvalue weighted by atomic mass is 10.7. The SMILES string of the molecule is NCCN.NCCO. The predicted octanol–water partition coefficient (Wildman–Crippen LogP) is -2.16. The third-order valence-corrected chi connectivity index (χ3v) is 0.296. The molecule has 0 aromatic carbocycles. The van der Waals surface area contributed by atoms with E-state index in [1.54, 1.807) is 0 Å². The molecule has 0 saturated carbocycles. The molecular weight excluding hydrogens is 106 g/mol. The van der Waals surface area contributed by atoms with Gasteiger partial charge < -0.3 is 22.3 Å². The third-order valence-electron chi connectivity index (χ3n) is 0.296. The van der Waals surface area contributed by atoms with Crippen LogP contribution in [0.1, 0.15) is 0 Å². The first-order valence-corrected chi connectivity index (χ1v) is 2.54. The maximum Gasteiger partial charge on any atom is 0.0553 e. The second-order valence-corrected chi connectivity index (χ2v) is 1.09. The van der Waals surface area contributed by atoms with E-state index in [1.807, 2.05) is 0 Å². The molecule has 4 nitrogen and oxygen atoms in total. The highest BCUT2D eigenvalue weighted by atomic mass is 16.3. The van der Waals surface area contributed by atoms with Gasteiger partial charge in [0, 0.05) is 19.6 Å². The lowest BCUT2D eigenvalue weighted by Gasteiger charge is -1.72. The summed E-state index contributed by atoms with van der Waals surface area (Å²) in [4.78, 5) is 0. The average Bonchev–Trinajstić information content (AvgIpc) is 1.88. The minimum Gasteiger partial charge on any atom is -0.395 e. The summed E-state index contributed by atoms with van der Waals surface area (Å²) >= 11 is 0. The molecule has 4 heteroatoms. The van der Waals surface area contributed by atoms with Gasteiger partial charge in [-0.2, -0.15) is 0 Å². The summed E-state index contributed by atoms with van der Waals surface area (Å²) in [6.45, 7) is 1.67. The Morgan fingerprint density at radius 3 is 1.12 bits per heavy atom. The Morgan fingerprint density at radius 1 is 0.875 bits per heavy atom. The Hall–Kier alpha value is -0.160. The van der Waals surface area contributed by atoms with Gasteiger partial charge in [0.1, 0.15) is 0 Å². The lowest BCUT2D eigenvalue weighted by Crippen LogP contribution is -2.11. The van der Waals surface area contributed by atoms with E-state index in [9.17, 15) is 0 Å². The van der Waals surface area contributed by atoms with Crippen molar-refractivity contribution in [3.63, 3.8) is 0 Å². The number of nitrogens with two attached hydrogens (primary N) is 3. The molecule has 7 N–H and O–H groups in total. The normalized spacial score (nSPS) is 7.50. The first-order valence-electron chi connectivity index (χ1n) is 2.54. The third kappa shape index (κ3) is 40.4. The molecule has 0 radical (unpaired) electrons. The summed E-state index contributed by atoms with van der Waals surface area (Å²) in [5.74, 6) is 0. The van der Waals surface area contributed by atoms with Crippen molar-refractivity contribution in [3.8, 4) is 0 Å². The van der Waals surface area contributed by atoms with Gasteiger partial charge in [0.2, 0.25) is 0 Å². The number of rotatable bonds is 2. The molecule has 0 rings (SSSR count). The second-order valence-electron chi connectivity index (χ2n) is 1.09. The topological polar surface area (TPSA) is 98.3 Å². The Morgan fingerprint density at radius 2 is 1.12 bits per heavy atom. The predicted molar refractivity (Wildman–Crippen MR) is 34.2 cm³/mol. The number of aliphatic hydroxyl groups excluding tert-OH is 1. The van der Waals surface area contributed by atoms with Gasteiger partial charge >= 0.3 is 0 Å². The molecule has 0 unspecified atom stereocenters. The van der Waals surface area contributed by atoms with Crippen LogP contribution >= 0.6 is 0 Å². The Labute approximate surface area is 49.7 Å². The molecule has 0 spiro atoms. The van der Waals surface area contributed by atoms with Crippen molar-refractivity contribution in [3.05, 3.63) is 0 Å². The maximum atomic E-state index is 7.75. The minimum absolute atomic E-state index is 0.0972. The van der Waals surface area contributed by atoms with Gasteiger partial charge in [0.25, 0.3) is 0 Å². The van der Waals surface area contributed by atoms with Crippen LogP contribution in [0, 0.1) is 0 Å². The fourth-order valence-electron chi connectivity index (χ4n) is 0. The molecule has 0 aliphatic rings. The molecule has 0 atom stereocenters. The van der Waals surface area contributed by atoms with E-state index in [1.165, 1.54) is 0 Å². The monoisotopic (exact) mass is 121 g/mol. The van der Waals surface area contributed by atoms with E-state index >= 15 is 0 Å². The van der Waals surface area contributed by atoms with Crippen LogP contribution in [0.5, 0.6) is 0 Å². The van der Waals surface area contributed by atoms with Crippen molar-refractivity contribution in [1.29, 1.82) is 0 Å². The van der Waals surface area contributed by atoms with E-state index < -0.39 is 0 Å². The molecule has 0 fully saturated rings. The molecule has 0 aliphatic heterocycles. The zero-order valence-corrected chi connectivity index (χ0v) is 5.01. The average molecular weight is 121 g/mol. The molecule has 0 amide bonds. The molecular formula is C4H15N3O. The summed E-state index contributed by atoms with van der Waals surface area (Å²) < 4.78 is 0. The largest absolute Gasteiger partial charge is 0.395 e. The van der Waals surface area contributed by atoms with Crippen LogP contribution in [-0.2, 0) is 0 Å². The van der Waals surface area contributed by atoms with Gasteiger partial charge in [-0.25, -0.2) is 0 Å². The number of hydrogen-bond donors (Lipinski definition) is 4. The van der Waals surface area contributed by atoms with Gasteiger partial charge in [0.15, 0.2) is 0 Å². The van der Waals surface area contributed by atoms with Gasteiger partial charge in [-0.15, -0.1) is 0 Å². The standard InChI is InChI=1S/C2H8N2.C2H7NO/c2*3-1-2-4/h1-4H2;4H,1-3H2. The Kier molecular flexibility index (Phi) is 21.3. The van der Waals surface area contributed by atoms with Crippen LogP contribution in [0.4, 0.5) is 0 Å². The van der Waals surface area contributed by atoms with Gasteiger partial charge in [-0.1, -0.05) is 0 Å². The summed E-state index contributed by atoms with van der Waals surface area (Å²) in [7, 11) is 0. The summed E-state index contributed by atoms with van der Waals surface area (Å²) in [6.07, 6.45) is 0. The van der Waals surface area contributed by atoms with Gasteiger partial charge in [-0.3, -0.25) is 0 Å². The zero-order valence-electron chi connectivity index (χ0n) is 5.01. The van der Waals surface area contributed by atoms with Gasteiger partial charge in [0.05, 0.1) is 6.61 Å². The van der Waals surface area contributed by atoms with E-state index in [0.29, 0.717) is 19.6 Å². The molecule has 8 heavy (non-hydrogen) atoms. The zero-order chi connectivity index (χ0) is 6.83. The smallest absolute Gasteiger partial charge is 0.0553 e. The van der Waals surface area contributed by atoms with Crippen LogP contribution in [-0.4, -0.2) is 31.3 Å². The molecule has 0 aromatic heterocycles. The van der Waals surface area contributed by atoms with Crippen molar-refractivity contribution >= 4 is 0 Å². The quantitative estimate of drug-likeness (QED) is 0.334. The fourth-order valence-corrected chi connectivity index (χ4v) is 0. The van der Waals surface area contributed by atoms with Crippen molar-refractivity contribution < 1.29 is 5.11 Å². The first-order chi connectivity index (χ1) is 3.83. The van der Waals surface area contributed by atoms with E-state index in [-0.39, 0.29) is 6.61 Å². The Bertz CT molecular complexity index is 19.2.